The number of aromatic nitrogens is 2. The quantitative estimate of drug-likeness (QED) is 0.758. The fourth-order valence-electron chi connectivity index (χ4n) is 2.31. The minimum absolute atomic E-state index is 0.357. The smallest absolute Gasteiger partial charge is 0.399 e. The number of fused-ring (bicyclic) bond motifs is 1. The molecule has 1 saturated heterocycles. The third-order valence-electron chi connectivity index (χ3n) is 4.17. The van der Waals surface area contributed by atoms with Crippen molar-refractivity contribution in [3.05, 3.63) is 29.2 Å². The van der Waals surface area contributed by atoms with Crippen LogP contribution in [0.3, 0.4) is 0 Å². The predicted molar refractivity (Wildman–Crippen MR) is 80.7 cm³/mol. The fraction of sp³-hybridized carbons (Fsp3) is 0.500. The molecule has 0 saturated carbocycles. The SMILES string of the molecule is Cc1cn2cc(B3OC(C)(C)C(C)(C)O3)cc(Cl)c2n1. The van der Waals surface area contributed by atoms with Crippen molar-refractivity contribution >= 4 is 29.8 Å². The Balaban J connectivity index is 2.04. The molecule has 0 aromatic carbocycles. The molecule has 0 bridgehead atoms. The van der Waals surface area contributed by atoms with E-state index in [1.54, 1.807) is 0 Å². The number of pyridine rings is 1. The maximum Gasteiger partial charge on any atom is 0.496 e. The van der Waals surface area contributed by atoms with Crippen LogP contribution in [0.4, 0.5) is 0 Å². The summed E-state index contributed by atoms with van der Waals surface area (Å²) in [5.41, 5.74) is 1.87. The molecule has 1 fully saturated rings. The van der Waals surface area contributed by atoms with Crippen molar-refractivity contribution in [1.82, 2.24) is 9.38 Å². The zero-order valence-electron chi connectivity index (χ0n) is 12.4. The molecule has 106 valence electrons. The van der Waals surface area contributed by atoms with Gasteiger partial charge in [0.1, 0.15) is 0 Å². The summed E-state index contributed by atoms with van der Waals surface area (Å²) in [6.07, 6.45) is 3.90. The van der Waals surface area contributed by atoms with Crippen LogP contribution in [-0.4, -0.2) is 27.7 Å². The molecule has 1 aliphatic heterocycles. The average molecular weight is 293 g/mol. The van der Waals surface area contributed by atoms with Gasteiger partial charge >= 0.3 is 7.12 Å². The third-order valence-corrected chi connectivity index (χ3v) is 4.45. The van der Waals surface area contributed by atoms with Crippen LogP contribution in [0.5, 0.6) is 0 Å². The minimum Gasteiger partial charge on any atom is -0.399 e. The van der Waals surface area contributed by atoms with Gasteiger partial charge in [0.2, 0.25) is 0 Å². The van der Waals surface area contributed by atoms with Crippen molar-refractivity contribution in [3.63, 3.8) is 0 Å². The lowest BCUT2D eigenvalue weighted by atomic mass is 9.80. The summed E-state index contributed by atoms with van der Waals surface area (Å²) in [5.74, 6) is 0. The summed E-state index contributed by atoms with van der Waals surface area (Å²) < 4.78 is 14.0. The van der Waals surface area contributed by atoms with Crippen LogP contribution in [0, 0.1) is 6.92 Å². The van der Waals surface area contributed by atoms with E-state index in [9.17, 15) is 0 Å². The summed E-state index contributed by atoms with van der Waals surface area (Å²) in [5, 5.41) is 0.602. The molecule has 0 spiro atoms. The summed E-state index contributed by atoms with van der Waals surface area (Å²) in [6.45, 7) is 10.1. The second kappa shape index (κ2) is 4.23. The second-order valence-electron chi connectivity index (χ2n) is 6.32. The molecule has 2 aromatic heterocycles. The average Bonchev–Trinajstić information content (AvgIpc) is 2.77. The lowest BCUT2D eigenvalue weighted by molar-refractivity contribution is 0.00578. The fourth-order valence-corrected chi connectivity index (χ4v) is 2.57. The van der Waals surface area contributed by atoms with Gasteiger partial charge in [0, 0.05) is 17.9 Å². The standard InChI is InChI=1S/C14H18BClN2O2/c1-9-7-18-8-10(6-11(16)12(18)17-9)15-19-13(2,3)14(4,5)20-15/h6-8H,1-5H3. The van der Waals surface area contributed by atoms with Gasteiger partial charge in [-0.2, -0.15) is 0 Å². The van der Waals surface area contributed by atoms with Crippen LogP contribution in [0.15, 0.2) is 18.5 Å². The van der Waals surface area contributed by atoms with Crippen molar-refractivity contribution in [2.45, 2.75) is 45.8 Å². The van der Waals surface area contributed by atoms with Gasteiger partial charge < -0.3 is 13.7 Å². The van der Waals surface area contributed by atoms with E-state index < -0.39 is 7.12 Å². The summed E-state index contributed by atoms with van der Waals surface area (Å²) in [6, 6.07) is 1.87. The van der Waals surface area contributed by atoms with E-state index >= 15 is 0 Å². The minimum atomic E-state index is -0.412. The Morgan fingerprint density at radius 2 is 1.75 bits per heavy atom. The first-order chi connectivity index (χ1) is 9.19. The van der Waals surface area contributed by atoms with Crippen LogP contribution in [0.2, 0.25) is 5.02 Å². The van der Waals surface area contributed by atoms with Gasteiger partial charge in [-0.05, 0) is 40.7 Å². The maximum atomic E-state index is 6.30. The first kappa shape index (κ1) is 13.9. The van der Waals surface area contributed by atoms with Crippen molar-refractivity contribution in [3.8, 4) is 0 Å². The molecular formula is C14H18BClN2O2. The Bertz CT molecular complexity index is 665. The van der Waals surface area contributed by atoms with Crippen molar-refractivity contribution in [1.29, 1.82) is 0 Å². The van der Waals surface area contributed by atoms with Crippen LogP contribution in [-0.2, 0) is 9.31 Å². The molecule has 6 heteroatoms. The van der Waals surface area contributed by atoms with Gasteiger partial charge in [-0.3, -0.25) is 0 Å². The first-order valence-corrected chi connectivity index (χ1v) is 7.08. The van der Waals surface area contributed by atoms with Gasteiger partial charge in [-0.25, -0.2) is 4.98 Å². The topological polar surface area (TPSA) is 35.8 Å². The number of aryl methyl sites for hydroxylation is 1. The third kappa shape index (κ3) is 2.05. The lowest BCUT2D eigenvalue weighted by Gasteiger charge is -2.32. The van der Waals surface area contributed by atoms with Crippen molar-refractivity contribution < 1.29 is 9.31 Å². The normalized spacial score (nSPS) is 20.8. The zero-order valence-corrected chi connectivity index (χ0v) is 13.2. The number of hydrogen-bond donors (Lipinski definition) is 0. The van der Waals surface area contributed by atoms with E-state index in [0.29, 0.717) is 5.02 Å². The molecule has 4 nitrogen and oxygen atoms in total. The van der Waals surface area contributed by atoms with E-state index in [0.717, 1.165) is 16.8 Å². The highest BCUT2D eigenvalue weighted by Crippen LogP contribution is 2.36. The largest absolute Gasteiger partial charge is 0.496 e. The summed E-state index contributed by atoms with van der Waals surface area (Å²) in [7, 11) is -0.412. The van der Waals surface area contributed by atoms with Gasteiger partial charge in [-0.1, -0.05) is 11.6 Å². The summed E-state index contributed by atoms with van der Waals surface area (Å²) in [4.78, 5) is 4.39. The predicted octanol–water partition coefficient (Wildman–Crippen LogP) is 2.60. The molecular weight excluding hydrogens is 274 g/mol. The Kier molecular flexibility index (Phi) is 2.94. The van der Waals surface area contributed by atoms with Gasteiger partial charge in [0.05, 0.1) is 21.9 Å². The van der Waals surface area contributed by atoms with Crippen LogP contribution in [0.25, 0.3) is 5.65 Å². The zero-order chi connectivity index (χ0) is 14.7. The molecule has 0 atom stereocenters. The highest BCUT2D eigenvalue weighted by Gasteiger charge is 2.51. The molecule has 0 amide bonds. The van der Waals surface area contributed by atoms with E-state index in [4.69, 9.17) is 20.9 Å². The number of imidazole rings is 1. The second-order valence-corrected chi connectivity index (χ2v) is 6.73. The van der Waals surface area contributed by atoms with Crippen molar-refractivity contribution in [2.24, 2.45) is 0 Å². The Labute approximate surface area is 124 Å². The summed E-state index contributed by atoms with van der Waals surface area (Å²) >= 11 is 6.30. The molecule has 20 heavy (non-hydrogen) atoms. The monoisotopic (exact) mass is 292 g/mol. The molecule has 3 rings (SSSR count). The Morgan fingerprint density at radius 3 is 2.35 bits per heavy atom. The molecule has 0 unspecified atom stereocenters. The number of nitrogens with zero attached hydrogens (tertiary/aromatic N) is 2. The van der Waals surface area contributed by atoms with Gasteiger partial charge in [-0.15, -0.1) is 0 Å². The number of hydrogen-bond acceptors (Lipinski definition) is 3. The van der Waals surface area contributed by atoms with E-state index in [1.807, 2.05) is 57.5 Å². The highest BCUT2D eigenvalue weighted by atomic mass is 35.5. The molecule has 2 aromatic rings. The molecule has 3 heterocycles. The first-order valence-electron chi connectivity index (χ1n) is 6.70. The maximum absolute atomic E-state index is 6.30. The number of rotatable bonds is 1. The van der Waals surface area contributed by atoms with E-state index in [-0.39, 0.29) is 11.2 Å². The van der Waals surface area contributed by atoms with Gasteiger partial charge in [0.15, 0.2) is 5.65 Å². The highest BCUT2D eigenvalue weighted by molar-refractivity contribution is 6.62. The Morgan fingerprint density at radius 1 is 1.15 bits per heavy atom. The van der Waals surface area contributed by atoms with E-state index in [1.165, 1.54) is 0 Å². The number of halogens is 1. The van der Waals surface area contributed by atoms with Gasteiger partial charge in [0.25, 0.3) is 0 Å². The molecule has 1 aliphatic rings. The van der Waals surface area contributed by atoms with E-state index in [2.05, 4.69) is 4.98 Å². The van der Waals surface area contributed by atoms with Crippen LogP contribution < -0.4 is 5.46 Å². The molecule has 0 radical (unpaired) electrons. The molecule has 0 aliphatic carbocycles. The Hall–Kier alpha value is -1.04. The van der Waals surface area contributed by atoms with Crippen molar-refractivity contribution in [2.75, 3.05) is 0 Å². The molecule has 0 N–H and O–H groups in total. The lowest BCUT2D eigenvalue weighted by Crippen LogP contribution is -2.41. The van der Waals surface area contributed by atoms with Crippen LogP contribution in [0.1, 0.15) is 33.4 Å². The van der Waals surface area contributed by atoms with Crippen LogP contribution >= 0.6 is 11.6 Å².